The second kappa shape index (κ2) is 6.61. The van der Waals surface area contributed by atoms with E-state index in [-0.39, 0.29) is 5.82 Å². The summed E-state index contributed by atoms with van der Waals surface area (Å²) in [6, 6.07) is 14.8. The molecule has 124 valence electrons. The Morgan fingerprint density at radius 3 is 2.72 bits per heavy atom. The van der Waals surface area contributed by atoms with Crippen LogP contribution in [-0.4, -0.2) is 9.97 Å². The van der Waals surface area contributed by atoms with Crippen LogP contribution in [0.1, 0.15) is 12.5 Å². The summed E-state index contributed by atoms with van der Waals surface area (Å²) in [6.07, 6.45) is 2.55. The van der Waals surface area contributed by atoms with Crippen LogP contribution in [0.3, 0.4) is 0 Å². The molecule has 0 atom stereocenters. The zero-order valence-corrected chi connectivity index (χ0v) is 14.5. The largest absolute Gasteiger partial charge is 0.340 e. The molecule has 4 aromatic rings. The number of hydrogen-bond acceptors (Lipinski definition) is 4. The molecule has 2 aromatic heterocycles. The molecule has 0 spiro atoms. The molecule has 0 saturated carbocycles. The molecule has 0 fully saturated rings. The Bertz CT molecular complexity index is 1020. The van der Waals surface area contributed by atoms with Gasteiger partial charge in [0.15, 0.2) is 0 Å². The summed E-state index contributed by atoms with van der Waals surface area (Å²) in [7, 11) is 0. The number of anilines is 2. The van der Waals surface area contributed by atoms with Crippen molar-refractivity contribution in [2.24, 2.45) is 0 Å². The maximum atomic E-state index is 13.2. The topological polar surface area (TPSA) is 37.8 Å². The first-order chi connectivity index (χ1) is 12.2. The predicted octanol–water partition coefficient (Wildman–Crippen LogP) is 5.80. The van der Waals surface area contributed by atoms with E-state index in [1.54, 1.807) is 29.8 Å². The summed E-state index contributed by atoms with van der Waals surface area (Å²) in [6.45, 7) is 2.13. The molecule has 0 unspecified atom stereocenters. The van der Waals surface area contributed by atoms with Crippen LogP contribution in [0.15, 0.2) is 60.2 Å². The third-order valence-corrected chi connectivity index (χ3v) is 5.01. The standard InChI is InChI=1S/C20H16FN3S/c1-2-13-4-3-5-16(10-13)24-19-18-17(11-25-20(18)23-12-22-19)14-6-8-15(21)9-7-14/h3-12H,2H2,1H3,(H,22,23,24). The van der Waals surface area contributed by atoms with Crippen LogP contribution in [0.5, 0.6) is 0 Å². The highest BCUT2D eigenvalue weighted by Crippen LogP contribution is 2.37. The lowest BCUT2D eigenvalue weighted by molar-refractivity contribution is 0.628. The number of halogens is 1. The Balaban J connectivity index is 1.81. The Labute approximate surface area is 149 Å². The van der Waals surface area contributed by atoms with E-state index in [9.17, 15) is 4.39 Å². The van der Waals surface area contributed by atoms with Crippen molar-refractivity contribution >= 4 is 33.1 Å². The quantitative estimate of drug-likeness (QED) is 0.506. The number of aromatic nitrogens is 2. The van der Waals surface area contributed by atoms with Crippen molar-refractivity contribution in [3.05, 3.63) is 71.6 Å². The van der Waals surface area contributed by atoms with Crippen LogP contribution in [-0.2, 0) is 6.42 Å². The first-order valence-corrected chi connectivity index (χ1v) is 8.96. The summed E-state index contributed by atoms with van der Waals surface area (Å²) in [5.41, 5.74) is 4.22. The number of fused-ring (bicyclic) bond motifs is 1. The first kappa shape index (κ1) is 15.7. The van der Waals surface area contributed by atoms with E-state index in [1.807, 2.05) is 17.5 Å². The normalized spacial score (nSPS) is 11.0. The van der Waals surface area contributed by atoms with Crippen molar-refractivity contribution in [2.45, 2.75) is 13.3 Å². The minimum atomic E-state index is -0.241. The van der Waals surface area contributed by atoms with E-state index >= 15 is 0 Å². The Morgan fingerprint density at radius 1 is 1.08 bits per heavy atom. The summed E-state index contributed by atoms with van der Waals surface area (Å²) in [5, 5.41) is 6.41. The predicted molar refractivity (Wildman–Crippen MR) is 102 cm³/mol. The molecular formula is C20H16FN3S. The summed E-state index contributed by atoms with van der Waals surface area (Å²) >= 11 is 1.56. The van der Waals surface area contributed by atoms with Gasteiger partial charge in [-0.15, -0.1) is 11.3 Å². The molecule has 4 rings (SSSR count). The van der Waals surface area contributed by atoms with Gasteiger partial charge in [0, 0.05) is 16.6 Å². The molecule has 0 aliphatic rings. The van der Waals surface area contributed by atoms with E-state index < -0.39 is 0 Å². The van der Waals surface area contributed by atoms with Crippen molar-refractivity contribution in [1.29, 1.82) is 0 Å². The van der Waals surface area contributed by atoms with Gasteiger partial charge in [0.1, 0.15) is 22.8 Å². The number of rotatable bonds is 4. The highest BCUT2D eigenvalue weighted by Gasteiger charge is 2.13. The van der Waals surface area contributed by atoms with Crippen molar-refractivity contribution < 1.29 is 4.39 Å². The van der Waals surface area contributed by atoms with Crippen LogP contribution >= 0.6 is 11.3 Å². The van der Waals surface area contributed by atoms with E-state index in [1.165, 1.54) is 17.7 Å². The van der Waals surface area contributed by atoms with Crippen LogP contribution in [0, 0.1) is 5.82 Å². The fourth-order valence-corrected chi connectivity index (χ4v) is 3.73. The first-order valence-electron chi connectivity index (χ1n) is 8.08. The third-order valence-electron chi connectivity index (χ3n) is 4.12. The highest BCUT2D eigenvalue weighted by molar-refractivity contribution is 7.17. The van der Waals surface area contributed by atoms with Gasteiger partial charge in [-0.1, -0.05) is 31.2 Å². The van der Waals surface area contributed by atoms with Crippen LogP contribution in [0.25, 0.3) is 21.3 Å². The van der Waals surface area contributed by atoms with Gasteiger partial charge < -0.3 is 5.32 Å². The van der Waals surface area contributed by atoms with E-state index in [2.05, 4.69) is 34.3 Å². The minimum absolute atomic E-state index is 0.241. The van der Waals surface area contributed by atoms with Gasteiger partial charge in [-0.2, -0.15) is 0 Å². The molecule has 3 nitrogen and oxygen atoms in total. The fraction of sp³-hybridized carbons (Fsp3) is 0.100. The molecule has 0 radical (unpaired) electrons. The zero-order chi connectivity index (χ0) is 17.2. The number of thiophene rings is 1. The lowest BCUT2D eigenvalue weighted by Gasteiger charge is -2.09. The van der Waals surface area contributed by atoms with Crippen LogP contribution < -0.4 is 5.32 Å². The maximum Gasteiger partial charge on any atom is 0.143 e. The molecule has 0 saturated heterocycles. The molecule has 0 aliphatic carbocycles. The number of benzene rings is 2. The van der Waals surface area contributed by atoms with Gasteiger partial charge in [-0.25, -0.2) is 14.4 Å². The molecule has 0 aliphatic heterocycles. The maximum absolute atomic E-state index is 13.2. The second-order valence-electron chi connectivity index (χ2n) is 5.74. The molecule has 5 heteroatoms. The third kappa shape index (κ3) is 3.10. The average Bonchev–Trinajstić information content (AvgIpc) is 3.08. The van der Waals surface area contributed by atoms with Crippen molar-refractivity contribution in [1.82, 2.24) is 9.97 Å². The summed E-state index contributed by atoms with van der Waals surface area (Å²) < 4.78 is 13.2. The lowest BCUT2D eigenvalue weighted by Crippen LogP contribution is -1.96. The number of hydrogen-bond donors (Lipinski definition) is 1. The summed E-state index contributed by atoms with van der Waals surface area (Å²) in [5.74, 6) is 0.521. The minimum Gasteiger partial charge on any atom is -0.340 e. The van der Waals surface area contributed by atoms with Gasteiger partial charge in [-0.3, -0.25) is 0 Å². The van der Waals surface area contributed by atoms with Gasteiger partial charge in [0.05, 0.1) is 5.39 Å². The van der Waals surface area contributed by atoms with Gasteiger partial charge in [0.2, 0.25) is 0 Å². The molecule has 2 aromatic carbocycles. The number of aryl methyl sites for hydroxylation is 1. The highest BCUT2D eigenvalue weighted by atomic mass is 32.1. The average molecular weight is 349 g/mol. The fourth-order valence-electron chi connectivity index (χ4n) is 2.82. The molecule has 0 bridgehead atoms. The molecule has 1 N–H and O–H groups in total. The van der Waals surface area contributed by atoms with Crippen molar-refractivity contribution in [3.63, 3.8) is 0 Å². The van der Waals surface area contributed by atoms with Gasteiger partial charge in [-0.05, 0) is 41.8 Å². The Kier molecular flexibility index (Phi) is 4.15. The van der Waals surface area contributed by atoms with E-state index in [0.717, 1.165) is 39.3 Å². The Morgan fingerprint density at radius 2 is 1.92 bits per heavy atom. The molecule has 0 amide bonds. The number of nitrogens with one attached hydrogen (secondary N) is 1. The smallest absolute Gasteiger partial charge is 0.143 e. The SMILES string of the molecule is CCc1cccc(Nc2ncnc3scc(-c4ccc(F)cc4)c23)c1. The number of nitrogens with zero attached hydrogens (tertiary/aromatic N) is 2. The van der Waals surface area contributed by atoms with Gasteiger partial charge >= 0.3 is 0 Å². The van der Waals surface area contributed by atoms with Crippen molar-refractivity contribution in [3.8, 4) is 11.1 Å². The van der Waals surface area contributed by atoms with Crippen LogP contribution in [0.2, 0.25) is 0 Å². The summed E-state index contributed by atoms with van der Waals surface area (Å²) in [4.78, 5) is 9.72. The van der Waals surface area contributed by atoms with Crippen LogP contribution in [0.4, 0.5) is 15.9 Å². The molecule has 2 heterocycles. The monoisotopic (exact) mass is 349 g/mol. The lowest BCUT2D eigenvalue weighted by atomic mass is 10.1. The van der Waals surface area contributed by atoms with E-state index in [0.29, 0.717) is 0 Å². The molecular weight excluding hydrogens is 333 g/mol. The van der Waals surface area contributed by atoms with Crippen molar-refractivity contribution in [2.75, 3.05) is 5.32 Å². The molecule has 25 heavy (non-hydrogen) atoms. The second-order valence-corrected chi connectivity index (χ2v) is 6.60. The van der Waals surface area contributed by atoms with E-state index in [4.69, 9.17) is 0 Å². The van der Waals surface area contributed by atoms with Gasteiger partial charge in [0.25, 0.3) is 0 Å². The zero-order valence-electron chi connectivity index (χ0n) is 13.7. The Hall–Kier alpha value is -2.79.